The lowest BCUT2D eigenvalue weighted by atomic mass is 9.71. The highest BCUT2D eigenvalue weighted by Crippen LogP contribution is 2.38. The van der Waals surface area contributed by atoms with Crippen LogP contribution in [0.1, 0.15) is 25.3 Å². The van der Waals surface area contributed by atoms with Crippen molar-refractivity contribution in [3.63, 3.8) is 0 Å². The van der Waals surface area contributed by atoms with Gasteiger partial charge in [-0.2, -0.15) is 0 Å². The van der Waals surface area contributed by atoms with Crippen LogP contribution < -0.4 is 0 Å². The van der Waals surface area contributed by atoms with Crippen LogP contribution in [-0.4, -0.2) is 72.2 Å². The molecule has 1 N–H and O–H groups in total. The first-order valence-corrected chi connectivity index (χ1v) is 8.80. The molecule has 2 heterocycles. The van der Waals surface area contributed by atoms with Gasteiger partial charge in [-0.3, -0.25) is 9.59 Å². The number of aliphatic hydroxyl groups excluding tert-OH is 1. The molecule has 6 heteroatoms. The molecule has 0 unspecified atom stereocenters. The first kappa shape index (κ1) is 17.9. The van der Waals surface area contributed by atoms with Crippen molar-refractivity contribution in [3.8, 4) is 0 Å². The minimum absolute atomic E-state index is 0.00329. The molecule has 3 rings (SSSR count). The van der Waals surface area contributed by atoms with Crippen molar-refractivity contribution in [1.29, 1.82) is 0 Å². The Kier molecular flexibility index (Phi) is 5.11. The van der Waals surface area contributed by atoms with E-state index in [4.69, 9.17) is 4.74 Å². The van der Waals surface area contributed by atoms with Crippen molar-refractivity contribution in [2.24, 2.45) is 0 Å². The van der Waals surface area contributed by atoms with Gasteiger partial charge in [-0.25, -0.2) is 0 Å². The van der Waals surface area contributed by atoms with E-state index in [0.717, 1.165) is 5.56 Å². The molecule has 2 atom stereocenters. The Morgan fingerprint density at radius 2 is 1.84 bits per heavy atom. The summed E-state index contributed by atoms with van der Waals surface area (Å²) < 4.78 is 5.32. The van der Waals surface area contributed by atoms with Crippen LogP contribution >= 0.6 is 0 Å². The zero-order valence-electron chi connectivity index (χ0n) is 14.9. The van der Waals surface area contributed by atoms with Gasteiger partial charge in [0.05, 0.1) is 30.8 Å². The van der Waals surface area contributed by atoms with E-state index in [1.165, 1.54) is 0 Å². The summed E-state index contributed by atoms with van der Waals surface area (Å²) in [6.07, 6.45) is 0.520. The van der Waals surface area contributed by atoms with Crippen LogP contribution in [0.5, 0.6) is 0 Å². The van der Waals surface area contributed by atoms with Crippen LogP contribution in [0.25, 0.3) is 0 Å². The highest BCUT2D eigenvalue weighted by atomic mass is 16.5. The van der Waals surface area contributed by atoms with Gasteiger partial charge in [0.25, 0.3) is 0 Å². The maximum Gasteiger partial charge on any atom is 0.233 e. The van der Waals surface area contributed by atoms with Gasteiger partial charge < -0.3 is 19.6 Å². The van der Waals surface area contributed by atoms with Crippen molar-refractivity contribution in [1.82, 2.24) is 9.80 Å². The van der Waals surface area contributed by atoms with E-state index in [0.29, 0.717) is 32.5 Å². The number of aliphatic hydroxyl groups is 1. The number of carbonyl (C=O) groups is 2. The number of hydrogen-bond acceptors (Lipinski definition) is 4. The lowest BCUT2D eigenvalue weighted by molar-refractivity contribution is -0.144. The first-order chi connectivity index (χ1) is 12.0. The van der Waals surface area contributed by atoms with Crippen LogP contribution in [0, 0.1) is 0 Å². The Labute approximate surface area is 148 Å². The van der Waals surface area contributed by atoms with Gasteiger partial charge >= 0.3 is 0 Å². The smallest absolute Gasteiger partial charge is 0.233 e. The number of likely N-dealkylation sites (tertiary alicyclic amines) is 1. The molecule has 0 aromatic heterocycles. The minimum atomic E-state index is -0.662. The van der Waals surface area contributed by atoms with Crippen LogP contribution in [0.3, 0.4) is 0 Å². The van der Waals surface area contributed by atoms with Gasteiger partial charge in [0.2, 0.25) is 11.8 Å². The fourth-order valence-corrected chi connectivity index (χ4v) is 3.98. The summed E-state index contributed by atoms with van der Waals surface area (Å²) in [7, 11) is 1.74. The molecule has 2 aliphatic heterocycles. The first-order valence-electron chi connectivity index (χ1n) is 8.80. The van der Waals surface area contributed by atoms with E-state index in [1.54, 1.807) is 23.8 Å². The minimum Gasteiger partial charge on any atom is -0.388 e. The molecule has 2 amide bonds. The van der Waals surface area contributed by atoms with Gasteiger partial charge in [-0.15, -0.1) is 0 Å². The second kappa shape index (κ2) is 7.14. The molecule has 2 saturated heterocycles. The summed E-state index contributed by atoms with van der Waals surface area (Å²) in [5.74, 6) is 0.0403. The lowest BCUT2D eigenvalue weighted by Crippen LogP contribution is -2.56. The Balaban J connectivity index is 1.89. The summed E-state index contributed by atoms with van der Waals surface area (Å²) >= 11 is 0. The van der Waals surface area contributed by atoms with Crippen LogP contribution in [-0.2, 0) is 19.7 Å². The third-order valence-corrected chi connectivity index (χ3v) is 5.64. The Morgan fingerprint density at radius 3 is 2.36 bits per heavy atom. The van der Waals surface area contributed by atoms with Crippen LogP contribution in [0.15, 0.2) is 30.3 Å². The number of hydrogen-bond donors (Lipinski definition) is 1. The molecule has 25 heavy (non-hydrogen) atoms. The summed E-state index contributed by atoms with van der Waals surface area (Å²) in [6.45, 7) is 3.31. The van der Waals surface area contributed by atoms with E-state index in [9.17, 15) is 14.7 Å². The van der Waals surface area contributed by atoms with Crippen molar-refractivity contribution in [2.75, 3.05) is 33.4 Å². The van der Waals surface area contributed by atoms with Gasteiger partial charge in [-0.1, -0.05) is 30.3 Å². The number of piperidine rings is 1. The second-order valence-corrected chi connectivity index (χ2v) is 7.04. The van der Waals surface area contributed by atoms with Gasteiger partial charge in [-0.05, 0) is 18.4 Å². The molecule has 2 fully saturated rings. The molecule has 1 aromatic carbocycles. The lowest BCUT2D eigenvalue weighted by Gasteiger charge is -2.44. The predicted octanol–water partition coefficient (Wildman–Crippen LogP) is 0.785. The summed E-state index contributed by atoms with van der Waals surface area (Å²) in [4.78, 5) is 28.6. The number of nitrogens with zero attached hydrogens (tertiary/aromatic N) is 2. The molecule has 136 valence electrons. The third-order valence-electron chi connectivity index (χ3n) is 5.64. The predicted molar refractivity (Wildman–Crippen MR) is 93.0 cm³/mol. The van der Waals surface area contributed by atoms with Crippen LogP contribution in [0.4, 0.5) is 0 Å². The molecule has 2 aliphatic rings. The normalized spacial score (nSPS) is 25.6. The quantitative estimate of drug-likeness (QED) is 0.878. The number of likely N-dealkylation sites (N-methyl/N-ethyl adjacent to an activating group) is 1. The molecular formula is C19H26N2O4. The highest BCUT2D eigenvalue weighted by molar-refractivity contribution is 5.89. The average Bonchev–Trinajstić information content (AvgIpc) is 3.07. The fraction of sp³-hybridized carbons (Fsp3) is 0.579. The van der Waals surface area contributed by atoms with E-state index in [-0.39, 0.29) is 24.5 Å². The van der Waals surface area contributed by atoms with Crippen molar-refractivity contribution in [3.05, 3.63) is 35.9 Å². The molecule has 6 nitrogen and oxygen atoms in total. The van der Waals surface area contributed by atoms with Gasteiger partial charge in [0.1, 0.15) is 0 Å². The molecule has 0 radical (unpaired) electrons. The second-order valence-electron chi connectivity index (χ2n) is 7.04. The summed E-state index contributed by atoms with van der Waals surface area (Å²) in [6, 6.07) is 9.46. The average molecular weight is 346 g/mol. The van der Waals surface area contributed by atoms with Gasteiger partial charge in [0.15, 0.2) is 0 Å². The molecule has 0 bridgehead atoms. The number of benzene rings is 1. The number of ether oxygens (including phenoxy) is 1. The number of amides is 2. The molecule has 0 spiro atoms. The molecular weight excluding hydrogens is 320 g/mol. The maximum atomic E-state index is 13.5. The topological polar surface area (TPSA) is 70.1 Å². The fourth-order valence-electron chi connectivity index (χ4n) is 3.98. The molecule has 0 aliphatic carbocycles. The van der Waals surface area contributed by atoms with E-state index in [2.05, 4.69) is 0 Å². The number of carbonyl (C=O) groups excluding carboxylic acids is 2. The number of rotatable bonds is 3. The van der Waals surface area contributed by atoms with E-state index in [1.807, 2.05) is 30.3 Å². The zero-order valence-corrected chi connectivity index (χ0v) is 14.9. The maximum absolute atomic E-state index is 13.5. The molecule has 0 saturated carbocycles. The van der Waals surface area contributed by atoms with E-state index >= 15 is 0 Å². The third kappa shape index (κ3) is 3.28. The zero-order chi connectivity index (χ0) is 18.0. The van der Waals surface area contributed by atoms with Crippen LogP contribution in [0.2, 0.25) is 0 Å². The largest absolute Gasteiger partial charge is 0.388 e. The molecule has 1 aromatic rings. The highest BCUT2D eigenvalue weighted by Gasteiger charge is 2.47. The monoisotopic (exact) mass is 346 g/mol. The van der Waals surface area contributed by atoms with E-state index < -0.39 is 11.5 Å². The standard InChI is InChI=1S/C19H26N2O4/c1-14(22)21-10-8-19(9-11-21,15-6-4-3-5-7-15)18(24)20(2)16-12-25-13-17(16)23/h3-7,16-17,23H,8-13H2,1-2H3/t16-,17-/m1/s1. The Bertz CT molecular complexity index is 626. The van der Waals surface area contributed by atoms with Crippen molar-refractivity contribution >= 4 is 11.8 Å². The SMILES string of the molecule is CC(=O)N1CCC(C(=O)N(C)[C@@H]2COC[C@H]2O)(c2ccccc2)CC1. The Morgan fingerprint density at radius 1 is 1.20 bits per heavy atom. The van der Waals surface area contributed by atoms with Crippen molar-refractivity contribution < 1.29 is 19.4 Å². The summed E-state index contributed by atoms with van der Waals surface area (Å²) in [5.41, 5.74) is 0.313. The summed E-state index contributed by atoms with van der Waals surface area (Å²) in [5, 5.41) is 10.1. The van der Waals surface area contributed by atoms with Crippen molar-refractivity contribution in [2.45, 2.75) is 37.3 Å². The van der Waals surface area contributed by atoms with Gasteiger partial charge in [0, 0.05) is 27.1 Å². The Hall–Kier alpha value is -1.92.